The van der Waals surface area contributed by atoms with E-state index in [1.807, 2.05) is 0 Å². The topological polar surface area (TPSA) is 55.6 Å². The smallest absolute Gasteiger partial charge is 0.271 e. The standard InChI is InChI=1S/C21H19BrN2O3/c1-20-9-5-6-14-10-13-11-15(24(25)26)12-17(22)19(13)27-21(14,20)23(2)18-8-4-3-7-16(18)20/h3-4,7-8,10-12H,5-6,9H2,1-2H3. The molecule has 0 bridgehead atoms. The molecule has 0 saturated heterocycles. The summed E-state index contributed by atoms with van der Waals surface area (Å²) in [5.41, 5.74) is 3.75. The minimum Gasteiger partial charge on any atom is -0.461 e. The highest BCUT2D eigenvalue weighted by molar-refractivity contribution is 9.10. The van der Waals surface area contributed by atoms with Crippen LogP contribution in [-0.2, 0) is 5.41 Å². The molecule has 2 aliphatic heterocycles. The zero-order chi connectivity index (χ0) is 19.0. The molecule has 2 atom stereocenters. The SMILES string of the molecule is CN1c2ccccc2C2(C)CCCC3=Cc4cc([N+](=O)[O-])cc(Br)c4OC312. The van der Waals surface area contributed by atoms with Gasteiger partial charge in [-0.2, -0.15) is 0 Å². The Hall–Kier alpha value is -2.34. The lowest BCUT2D eigenvalue weighted by Crippen LogP contribution is -2.63. The van der Waals surface area contributed by atoms with Gasteiger partial charge in [0.2, 0.25) is 5.72 Å². The summed E-state index contributed by atoms with van der Waals surface area (Å²) in [6, 6.07) is 11.6. The summed E-state index contributed by atoms with van der Waals surface area (Å²) < 4.78 is 7.42. The Morgan fingerprint density at radius 1 is 1.30 bits per heavy atom. The molecule has 1 aliphatic carbocycles. The van der Waals surface area contributed by atoms with Gasteiger partial charge in [0.1, 0.15) is 5.75 Å². The van der Waals surface area contributed by atoms with E-state index in [1.54, 1.807) is 6.07 Å². The molecule has 138 valence electrons. The van der Waals surface area contributed by atoms with E-state index in [0.717, 1.165) is 24.8 Å². The van der Waals surface area contributed by atoms with Crippen molar-refractivity contribution in [1.82, 2.24) is 0 Å². The number of hydrogen-bond donors (Lipinski definition) is 0. The number of hydrogen-bond acceptors (Lipinski definition) is 4. The molecule has 27 heavy (non-hydrogen) atoms. The van der Waals surface area contributed by atoms with E-state index < -0.39 is 5.72 Å². The highest BCUT2D eigenvalue weighted by atomic mass is 79.9. The largest absolute Gasteiger partial charge is 0.461 e. The fourth-order valence-corrected chi connectivity index (χ4v) is 5.85. The number of para-hydroxylation sites is 1. The quantitative estimate of drug-likeness (QED) is 0.451. The van der Waals surface area contributed by atoms with Crippen molar-refractivity contribution in [3.05, 3.63) is 67.7 Å². The number of halogens is 1. The second-order valence-corrected chi connectivity index (χ2v) is 8.63. The van der Waals surface area contributed by atoms with Crippen LogP contribution in [0.4, 0.5) is 11.4 Å². The average Bonchev–Trinajstić information content (AvgIpc) is 2.85. The molecule has 0 aromatic heterocycles. The van der Waals surface area contributed by atoms with Crippen LogP contribution in [0.5, 0.6) is 5.75 Å². The number of nitrogens with zero attached hydrogens (tertiary/aromatic N) is 2. The Morgan fingerprint density at radius 3 is 2.85 bits per heavy atom. The van der Waals surface area contributed by atoms with Crippen molar-refractivity contribution in [2.45, 2.75) is 37.3 Å². The van der Waals surface area contributed by atoms with Crippen LogP contribution < -0.4 is 9.64 Å². The lowest BCUT2D eigenvalue weighted by Gasteiger charge is -2.53. The maximum Gasteiger partial charge on any atom is 0.271 e. The fourth-order valence-electron chi connectivity index (χ4n) is 5.30. The third kappa shape index (κ3) is 1.94. The molecule has 3 aliphatic rings. The molecule has 1 spiro atoms. The van der Waals surface area contributed by atoms with Crippen LogP contribution in [0.1, 0.15) is 37.3 Å². The molecule has 2 aromatic rings. The summed E-state index contributed by atoms with van der Waals surface area (Å²) >= 11 is 3.51. The average molecular weight is 427 g/mol. The van der Waals surface area contributed by atoms with Gasteiger partial charge in [-0.05, 0) is 65.4 Å². The second kappa shape index (κ2) is 5.35. The van der Waals surface area contributed by atoms with Gasteiger partial charge in [-0.3, -0.25) is 10.1 Å². The van der Waals surface area contributed by atoms with Crippen molar-refractivity contribution in [2.75, 3.05) is 11.9 Å². The molecule has 0 N–H and O–H groups in total. The molecular weight excluding hydrogens is 408 g/mol. The summed E-state index contributed by atoms with van der Waals surface area (Å²) in [6.07, 6.45) is 5.14. The van der Waals surface area contributed by atoms with Crippen molar-refractivity contribution in [1.29, 1.82) is 0 Å². The first-order chi connectivity index (χ1) is 12.9. The molecular formula is C21H19BrN2O3. The summed E-state index contributed by atoms with van der Waals surface area (Å²) in [6.45, 7) is 2.28. The Balaban J connectivity index is 1.77. The lowest BCUT2D eigenvalue weighted by molar-refractivity contribution is -0.385. The van der Waals surface area contributed by atoms with Crippen LogP contribution in [0.3, 0.4) is 0 Å². The van der Waals surface area contributed by atoms with E-state index in [-0.39, 0.29) is 16.0 Å². The van der Waals surface area contributed by atoms with E-state index in [2.05, 4.69) is 65.1 Å². The first-order valence-corrected chi connectivity index (χ1v) is 9.89. The maximum atomic E-state index is 11.3. The van der Waals surface area contributed by atoms with Gasteiger partial charge < -0.3 is 9.64 Å². The van der Waals surface area contributed by atoms with Crippen LogP contribution in [0, 0.1) is 10.1 Å². The van der Waals surface area contributed by atoms with Crippen molar-refractivity contribution >= 4 is 33.4 Å². The summed E-state index contributed by atoms with van der Waals surface area (Å²) in [5, 5.41) is 11.3. The van der Waals surface area contributed by atoms with E-state index in [1.165, 1.54) is 22.9 Å². The molecule has 0 radical (unpaired) electrons. The molecule has 5 nitrogen and oxygen atoms in total. The number of anilines is 1. The van der Waals surface area contributed by atoms with Gasteiger partial charge in [0, 0.05) is 30.4 Å². The number of fused-ring (bicyclic) bond motifs is 3. The van der Waals surface area contributed by atoms with Crippen LogP contribution >= 0.6 is 15.9 Å². The number of nitro groups is 1. The Bertz CT molecular complexity index is 1030. The minimum atomic E-state index is -0.597. The number of benzene rings is 2. The van der Waals surface area contributed by atoms with Gasteiger partial charge in [-0.1, -0.05) is 18.2 Å². The van der Waals surface area contributed by atoms with Crippen molar-refractivity contribution in [3.63, 3.8) is 0 Å². The van der Waals surface area contributed by atoms with Crippen LogP contribution in [0.25, 0.3) is 6.08 Å². The lowest BCUT2D eigenvalue weighted by atomic mass is 9.64. The molecule has 2 heterocycles. The first kappa shape index (κ1) is 16.8. The van der Waals surface area contributed by atoms with Crippen LogP contribution in [0.2, 0.25) is 0 Å². The predicted molar refractivity (Wildman–Crippen MR) is 108 cm³/mol. The highest BCUT2D eigenvalue weighted by Gasteiger charge is 2.64. The highest BCUT2D eigenvalue weighted by Crippen LogP contribution is 2.62. The molecule has 1 saturated carbocycles. The van der Waals surface area contributed by atoms with Gasteiger partial charge in [0.25, 0.3) is 5.69 Å². The monoisotopic (exact) mass is 426 g/mol. The maximum absolute atomic E-state index is 11.3. The van der Waals surface area contributed by atoms with Crippen LogP contribution in [0.15, 0.2) is 46.4 Å². The number of ether oxygens (including phenoxy) is 1. The molecule has 2 unspecified atom stereocenters. The summed E-state index contributed by atoms with van der Waals surface area (Å²) in [7, 11) is 2.09. The van der Waals surface area contributed by atoms with Gasteiger partial charge in [-0.25, -0.2) is 0 Å². The van der Waals surface area contributed by atoms with Gasteiger partial charge in [-0.15, -0.1) is 0 Å². The van der Waals surface area contributed by atoms with E-state index in [9.17, 15) is 10.1 Å². The van der Waals surface area contributed by atoms with Crippen molar-refractivity contribution in [3.8, 4) is 5.75 Å². The molecule has 6 heteroatoms. The Morgan fingerprint density at radius 2 is 2.07 bits per heavy atom. The summed E-state index contributed by atoms with van der Waals surface area (Å²) in [4.78, 5) is 13.2. The van der Waals surface area contributed by atoms with Crippen molar-refractivity contribution in [2.24, 2.45) is 0 Å². The fraction of sp³-hybridized carbons (Fsp3) is 0.333. The number of likely N-dealkylation sites (N-methyl/N-ethyl adjacent to an activating group) is 1. The normalized spacial score (nSPS) is 27.7. The Kier molecular flexibility index (Phi) is 3.33. The number of rotatable bonds is 1. The third-order valence-electron chi connectivity index (χ3n) is 6.49. The number of nitro benzene ring substituents is 1. The van der Waals surface area contributed by atoms with Gasteiger partial charge >= 0.3 is 0 Å². The van der Waals surface area contributed by atoms with E-state index >= 15 is 0 Å². The summed E-state index contributed by atoms with van der Waals surface area (Å²) in [5.74, 6) is 0.678. The molecule has 0 amide bonds. The zero-order valence-corrected chi connectivity index (χ0v) is 16.7. The number of non-ortho nitro benzene ring substituents is 1. The van der Waals surface area contributed by atoms with Crippen molar-refractivity contribution < 1.29 is 9.66 Å². The predicted octanol–water partition coefficient (Wildman–Crippen LogP) is 5.42. The van der Waals surface area contributed by atoms with Gasteiger partial charge in [0.15, 0.2) is 0 Å². The Labute approximate surface area is 165 Å². The molecule has 2 aromatic carbocycles. The second-order valence-electron chi connectivity index (χ2n) is 7.78. The molecule has 5 rings (SSSR count). The molecule has 1 fully saturated rings. The van der Waals surface area contributed by atoms with Crippen LogP contribution in [-0.4, -0.2) is 17.7 Å². The first-order valence-electron chi connectivity index (χ1n) is 9.10. The zero-order valence-electron chi connectivity index (χ0n) is 15.2. The van der Waals surface area contributed by atoms with E-state index in [0.29, 0.717) is 10.2 Å². The van der Waals surface area contributed by atoms with Gasteiger partial charge in [0.05, 0.1) is 14.8 Å². The third-order valence-corrected chi connectivity index (χ3v) is 7.07. The van der Waals surface area contributed by atoms with E-state index in [4.69, 9.17) is 4.74 Å². The minimum absolute atomic E-state index is 0.0682.